The van der Waals surface area contributed by atoms with Crippen molar-refractivity contribution in [2.75, 3.05) is 0 Å². The maximum atomic E-state index is 11.5. The molecule has 0 aromatic heterocycles. The zero-order chi connectivity index (χ0) is 11.5. The van der Waals surface area contributed by atoms with Gasteiger partial charge in [-0.05, 0) is 37.5 Å². The summed E-state index contributed by atoms with van der Waals surface area (Å²) in [6, 6.07) is 0. The summed E-state index contributed by atoms with van der Waals surface area (Å²) in [6.07, 6.45) is 5.07. The predicted molar refractivity (Wildman–Crippen MR) is 61.6 cm³/mol. The molecule has 0 aromatic carbocycles. The van der Waals surface area contributed by atoms with E-state index in [0.717, 1.165) is 25.7 Å². The highest BCUT2D eigenvalue weighted by Gasteiger charge is 2.28. The molecule has 15 heavy (non-hydrogen) atoms. The van der Waals surface area contributed by atoms with Gasteiger partial charge >= 0.3 is 5.97 Å². The summed E-state index contributed by atoms with van der Waals surface area (Å²) in [5, 5.41) is 0. The number of rotatable bonds is 3. The lowest BCUT2D eigenvalue weighted by atomic mass is 9.76. The highest BCUT2D eigenvalue weighted by molar-refractivity contribution is 5.87. The van der Waals surface area contributed by atoms with Gasteiger partial charge < -0.3 is 4.74 Å². The summed E-state index contributed by atoms with van der Waals surface area (Å²) < 4.78 is 5.40. The third-order valence-corrected chi connectivity index (χ3v) is 3.28. The second kappa shape index (κ2) is 4.82. The maximum Gasteiger partial charge on any atom is 0.333 e. The van der Waals surface area contributed by atoms with E-state index in [4.69, 9.17) is 4.74 Å². The Labute approximate surface area is 92.7 Å². The average Bonchev–Trinajstić information content (AvgIpc) is 2.20. The van der Waals surface area contributed by atoms with E-state index in [2.05, 4.69) is 20.4 Å². The highest BCUT2D eigenvalue weighted by Crippen LogP contribution is 2.36. The van der Waals surface area contributed by atoms with Crippen LogP contribution in [0.2, 0.25) is 0 Å². The van der Waals surface area contributed by atoms with Crippen molar-refractivity contribution in [1.82, 2.24) is 0 Å². The smallest absolute Gasteiger partial charge is 0.333 e. The number of carbonyl (C=O) groups excluding carboxylic acids is 1. The van der Waals surface area contributed by atoms with Crippen LogP contribution in [-0.4, -0.2) is 12.1 Å². The average molecular weight is 210 g/mol. The van der Waals surface area contributed by atoms with E-state index >= 15 is 0 Å². The van der Waals surface area contributed by atoms with Gasteiger partial charge in [0.15, 0.2) is 0 Å². The van der Waals surface area contributed by atoms with E-state index in [0.29, 0.717) is 17.4 Å². The van der Waals surface area contributed by atoms with Crippen LogP contribution in [0, 0.1) is 5.41 Å². The summed E-state index contributed by atoms with van der Waals surface area (Å²) in [5.41, 5.74) is 1.00. The predicted octanol–water partition coefficient (Wildman–Crippen LogP) is 3.46. The number of esters is 1. The first kappa shape index (κ1) is 12.3. The molecule has 0 N–H and O–H groups in total. The maximum absolute atomic E-state index is 11.5. The van der Waals surface area contributed by atoms with Gasteiger partial charge in [-0.3, -0.25) is 0 Å². The van der Waals surface area contributed by atoms with Gasteiger partial charge in [-0.2, -0.15) is 0 Å². The van der Waals surface area contributed by atoms with Crippen LogP contribution < -0.4 is 0 Å². The van der Waals surface area contributed by atoms with Crippen LogP contribution >= 0.6 is 0 Å². The van der Waals surface area contributed by atoms with Crippen molar-refractivity contribution < 1.29 is 9.53 Å². The third kappa shape index (κ3) is 3.69. The minimum Gasteiger partial charge on any atom is -0.459 e. The van der Waals surface area contributed by atoms with Gasteiger partial charge in [-0.1, -0.05) is 27.4 Å². The molecule has 2 heteroatoms. The zero-order valence-corrected chi connectivity index (χ0v) is 10.1. The quantitative estimate of drug-likeness (QED) is 0.526. The SMILES string of the molecule is C=C(CC)C(=O)OC1CCC(C)(C)CC1. The number of hydrogen-bond acceptors (Lipinski definition) is 2. The van der Waals surface area contributed by atoms with Crippen molar-refractivity contribution in [2.24, 2.45) is 5.41 Å². The van der Waals surface area contributed by atoms with Crippen molar-refractivity contribution in [3.8, 4) is 0 Å². The standard InChI is InChI=1S/C13H22O2/c1-5-10(2)12(14)15-11-6-8-13(3,4)9-7-11/h11H,2,5-9H2,1,3-4H3. The Balaban J connectivity index is 2.36. The molecule has 0 saturated heterocycles. The van der Waals surface area contributed by atoms with Crippen LogP contribution in [-0.2, 0) is 9.53 Å². The van der Waals surface area contributed by atoms with Gasteiger partial charge in [0.1, 0.15) is 6.10 Å². The molecule has 0 spiro atoms. The molecule has 0 heterocycles. The third-order valence-electron chi connectivity index (χ3n) is 3.28. The molecule has 1 aliphatic rings. The van der Waals surface area contributed by atoms with Gasteiger partial charge in [-0.25, -0.2) is 4.79 Å². The van der Waals surface area contributed by atoms with Crippen LogP contribution in [0.5, 0.6) is 0 Å². The molecule has 0 unspecified atom stereocenters. The molecular formula is C13H22O2. The largest absolute Gasteiger partial charge is 0.459 e. The van der Waals surface area contributed by atoms with Crippen LogP contribution in [0.3, 0.4) is 0 Å². The fraction of sp³-hybridized carbons (Fsp3) is 0.769. The Morgan fingerprint density at radius 2 is 1.93 bits per heavy atom. The van der Waals surface area contributed by atoms with Crippen molar-refractivity contribution in [1.29, 1.82) is 0 Å². The zero-order valence-electron chi connectivity index (χ0n) is 10.1. The number of hydrogen-bond donors (Lipinski definition) is 0. The van der Waals surface area contributed by atoms with Crippen LogP contribution in [0.4, 0.5) is 0 Å². The normalized spacial score (nSPS) is 21.0. The van der Waals surface area contributed by atoms with Gasteiger partial charge in [-0.15, -0.1) is 0 Å². The Morgan fingerprint density at radius 3 is 2.40 bits per heavy atom. The lowest BCUT2D eigenvalue weighted by Gasteiger charge is -2.33. The molecule has 1 rings (SSSR count). The summed E-state index contributed by atoms with van der Waals surface area (Å²) in [6.45, 7) is 10.2. The first-order valence-electron chi connectivity index (χ1n) is 5.83. The monoisotopic (exact) mass is 210 g/mol. The summed E-state index contributed by atoms with van der Waals surface area (Å²) in [7, 11) is 0. The Morgan fingerprint density at radius 1 is 1.40 bits per heavy atom. The minimum atomic E-state index is -0.206. The molecule has 0 aliphatic heterocycles. The van der Waals surface area contributed by atoms with E-state index in [1.54, 1.807) is 0 Å². The molecule has 1 saturated carbocycles. The molecule has 1 fully saturated rings. The van der Waals surface area contributed by atoms with E-state index < -0.39 is 0 Å². The Kier molecular flexibility index (Phi) is 3.95. The highest BCUT2D eigenvalue weighted by atomic mass is 16.5. The second-order valence-electron chi connectivity index (χ2n) is 5.23. The fourth-order valence-corrected chi connectivity index (χ4v) is 1.87. The van der Waals surface area contributed by atoms with Crippen molar-refractivity contribution >= 4 is 5.97 Å². The Hall–Kier alpha value is -0.790. The molecule has 0 atom stereocenters. The summed E-state index contributed by atoms with van der Waals surface area (Å²) in [5.74, 6) is -0.206. The number of ether oxygens (including phenoxy) is 1. The van der Waals surface area contributed by atoms with E-state index in [1.807, 2.05) is 6.92 Å². The molecule has 0 aromatic rings. The Bertz CT molecular complexity index is 243. The molecular weight excluding hydrogens is 188 g/mol. The fourth-order valence-electron chi connectivity index (χ4n) is 1.87. The van der Waals surface area contributed by atoms with Crippen molar-refractivity contribution in [2.45, 2.75) is 59.0 Å². The van der Waals surface area contributed by atoms with Gasteiger partial charge in [0, 0.05) is 5.57 Å². The van der Waals surface area contributed by atoms with E-state index in [-0.39, 0.29) is 12.1 Å². The minimum absolute atomic E-state index is 0.119. The van der Waals surface area contributed by atoms with Crippen molar-refractivity contribution in [3.63, 3.8) is 0 Å². The van der Waals surface area contributed by atoms with Gasteiger partial charge in [0.05, 0.1) is 0 Å². The van der Waals surface area contributed by atoms with E-state index in [9.17, 15) is 4.79 Å². The second-order valence-corrected chi connectivity index (χ2v) is 5.23. The molecule has 1 aliphatic carbocycles. The molecule has 2 nitrogen and oxygen atoms in total. The lowest BCUT2D eigenvalue weighted by molar-refractivity contribution is -0.146. The first-order chi connectivity index (χ1) is 6.94. The van der Waals surface area contributed by atoms with E-state index in [1.165, 1.54) is 0 Å². The van der Waals surface area contributed by atoms with Crippen LogP contribution in [0.1, 0.15) is 52.9 Å². The molecule has 0 radical (unpaired) electrons. The van der Waals surface area contributed by atoms with Crippen molar-refractivity contribution in [3.05, 3.63) is 12.2 Å². The first-order valence-corrected chi connectivity index (χ1v) is 5.83. The lowest BCUT2D eigenvalue weighted by Crippen LogP contribution is -2.28. The summed E-state index contributed by atoms with van der Waals surface area (Å²) in [4.78, 5) is 11.5. The molecule has 0 bridgehead atoms. The van der Waals surface area contributed by atoms with Crippen LogP contribution in [0.15, 0.2) is 12.2 Å². The topological polar surface area (TPSA) is 26.3 Å². The molecule has 86 valence electrons. The summed E-state index contributed by atoms with van der Waals surface area (Å²) >= 11 is 0. The van der Waals surface area contributed by atoms with Crippen LogP contribution in [0.25, 0.3) is 0 Å². The van der Waals surface area contributed by atoms with Gasteiger partial charge in [0.2, 0.25) is 0 Å². The number of carbonyl (C=O) groups is 1. The van der Waals surface area contributed by atoms with Gasteiger partial charge in [0.25, 0.3) is 0 Å². The molecule has 0 amide bonds.